The van der Waals surface area contributed by atoms with E-state index >= 15 is 0 Å². The van der Waals surface area contributed by atoms with Gasteiger partial charge in [0.05, 0.1) is 28.8 Å². The van der Waals surface area contributed by atoms with Gasteiger partial charge >= 0.3 is 0 Å². The fourth-order valence-electron chi connectivity index (χ4n) is 3.74. The summed E-state index contributed by atoms with van der Waals surface area (Å²) in [6.07, 6.45) is 4.66. The van der Waals surface area contributed by atoms with Gasteiger partial charge in [0, 0.05) is 6.04 Å². The molecule has 28 heavy (non-hydrogen) atoms. The van der Waals surface area contributed by atoms with Crippen LogP contribution in [0.25, 0.3) is 22.1 Å². The Morgan fingerprint density at radius 1 is 1.36 bits per heavy atom. The maximum atomic E-state index is 12.3. The highest BCUT2D eigenvalue weighted by Gasteiger charge is 2.23. The number of benzene rings is 1. The van der Waals surface area contributed by atoms with Crippen molar-refractivity contribution in [2.24, 2.45) is 5.92 Å². The first kappa shape index (κ1) is 19.3. The molecule has 0 aliphatic heterocycles. The van der Waals surface area contributed by atoms with Gasteiger partial charge in [-0.15, -0.1) is 10.2 Å². The average molecular weight is 420 g/mol. The SMILES string of the molecule is COc1ccc(Cl)c2c1[nH]c1nc(SCC(=O)N[C@H]3CCCC[C@@H]3C)nnc12. The monoisotopic (exact) mass is 419 g/mol. The summed E-state index contributed by atoms with van der Waals surface area (Å²) in [7, 11) is 1.60. The number of hydrogen-bond donors (Lipinski definition) is 2. The molecule has 3 aromatic rings. The zero-order valence-electron chi connectivity index (χ0n) is 15.8. The number of rotatable bonds is 5. The van der Waals surface area contributed by atoms with E-state index < -0.39 is 0 Å². The zero-order chi connectivity index (χ0) is 19.7. The molecule has 0 spiro atoms. The lowest BCUT2D eigenvalue weighted by Gasteiger charge is -2.29. The van der Waals surface area contributed by atoms with E-state index in [1.807, 2.05) is 0 Å². The molecule has 2 atom stereocenters. The Kier molecular flexibility index (Phi) is 5.59. The largest absolute Gasteiger partial charge is 0.495 e. The normalized spacial score (nSPS) is 19.8. The predicted octanol–water partition coefficient (Wildman–Crippen LogP) is 3.96. The highest BCUT2D eigenvalue weighted by molar-refractivity contribution is 7.99. The number of amides is 1. The lowest BCUT2D eigenvalue weighted by Crippen LogP contribution is -2.41. The topological polar surface area (TPSA) is 92.8 Å². The molecule has 0 bridgehead atoms. The lowest BCUT2D eigenvalue weighted by molar-refractivity contribution is -0.119. The molecule has 4 rings (SSSR count). The summed E-state index contributed by atoms with van der Waals surface area (Å²) in [6.45, 7) is 2.20. The first-order chi connectivity index (χ1) is 13.6. The van der Waals surface area contributed by atoms with Crippen molar-refractivity contribution in [3.8, 4) is 5.75 Å². The quantitative estimate of drug-likeness (QED) is 0.608. The number of fused-ring (bicyclic) bond motifs is 3. The van der Waals surface area contributed by atoms with Gasteiger partial charge in [0.1, 0.15) is 11.3 Å². The Balaban J connectivity index is 1.49. The Morgan fingerprint density at radius 3 is 2.96 bits per heavy atom. The van der Waals surface area contributed by atoms with Crippen LogP contribution in [0.15, 0.2) is 17.3 Å². The summed E-state index contributed by atoms with van der Waals surface area (Å²) in [5.41, 5.74) is 1.89. The summed E-state index contributed by atoms with van der Waals surface area (Å²) in [6, 6.07) is 3.82. The number of ether oxygens (including phenoxy) is 1. The second-order valence-electron chi connectivity index (χ2n) is 7.14. The van der Waals surface area contributed by atoms with Gasteiger partial charge in [-0.05, 0) is 30.9 Å². The van der Waals surface area contributed by atoms with Crippen molar-refractivity contribution in [1.29, 1.82) is 0 Å². The van der Waals surface area contributed by atoms with Gasteiger partial charge in [-0.1, -0.05) is 43.1 Å². The van der Waals surface area contributed by atoms with Crippen LogP contribution in [0.2, 0.25) is 5.02 Å². The smallest absolute Gasteiger partial charge is 0.230 e. The molecule has 1 saturated carbocycles. The molecule has 2 aromatic heterocycles. The molecule has 0 saturated heterocycles. The average Bonchev–Trinajstić information content (AvgIpc) is 3.08. The third kappa shape index (κ3) is 3.75. The molecular formula is C19H22ClN5O2S. The summed E-state index contributed by atoms with van der Waals surface area (Å²) in [5, 5.41) is 13.3. The van der Waals surface area contributed by atoms with Gasteiger partial charge in [-0.3, -0.25) is 4.79 Å². The van der Waals surface area contributed by atoms with E-state index in [0.717, 1.165) is 17.3 Å². The Hall–Kier alpha value is -2.06. The van der Waals surface area contributed by atoms with Crippen LogP contribution in [0.5, 0.6) is 5.75 Å². The van der Waals surface area contributed by atoms with Crippen molar-refractivity contribution in [3.63, 3.8) is 0 Å². The molecule has 1 aliphatic carbocycles. The first-order valence-electron chi connectivity index (χ1n) is 9.37. The highest BCUT2D eigenvalue weighted by atomic mass is 35.5. The molecule has 1 aromatic carbocycles. The van der Waals surface area contributed by atoms with Crippen LogP contribution < -0.4 is 10.1 Å². The van der Waals surface area contributed by atoms with Crippen LogP contribution in [0.4, 0.5) is 0 Å². The fraction of sp³-hybridized carbons (Fsp3) is 0.474. The summed E-state index contributed by atoms with van der Waals surface area (Å²) in [5.74, 6) is 1.46. The second kappa shape index (κ2) is 8.13. The minimum atomic E-state index is 0.00816. The zero-order valence-corrected chi connectivity index (χ0v) is 17.4. The molecule has 1 aliphatic rings. The van der Waals surface area contributed by atoms with E-state index in [1.165, 1.54) is 31.0 Å². The van der Waals surface area contributed by atoms with E-state index in [2.05, 4.69) is 32.4 Å². The van der Waals surface area contributed by atoms with Crippen molar-refractivity contribution in [2.75, 3.05) is 12.9 Å². The fourth-order valence-corrected chi connectivity index (χ4v) is 4.58. The van der Waals surface area contributed by atoms with Crippen LogP contribution in [-0.4, -0.2) is 45.0 Å². The Labute approximate surface area is 172 Å². The number of methoxy groups -OCH3 is 1. The van der Waals surface area contributed by atoms with Crippen LogP contribution in [0, 0.1) is 5.92 Å². The van der Waals surface area contributed by atoms with Gasteiger partial charge in [0.2, 0.25) is 11.1 Å². The third-order valence-electron chi connectivity index (χ3n) is 5.27. The maximum Gasteiger partial charge on any atom is 0.230 e. The van der Waals surface area contributed by atoms with E-state index in [4.69, 9.17) is 16.3 Å². The van der Waals surface area contributed by atoms with Crippen molar-refractivity contribution in [2.45, 2.75) is 43.8 Å². The molecule has 7 nitrogen and oxygen atoms in total. The van der Waals surface area contributed by atoms with E-state index in [0.29, 0.717) is 33.0 Å². The minimum Gasteiger partial charge on any atom is -0.495 e. The summed E-state index contributed by atoms with van der Waals surface area (Å²) >= 11 is 7.60. The number of thioether (sulfide) groups is 1. The summed E-state index contributed by atoms with van der Waals surface area (Å²) in [4.78, 5) is 20.0. The number of nitrogens with one attached hydrogen (secondary N) is 2. The molecular weight excluding hydrogens is 398 g/mol. The van der Waals surface area contributed by atoms with Crippen molar-refractivity contribution in [3.05, 3.63) is 17.2 Å². The minimum absolute atomic E-state index is 0.00816. The van der Waals surface area contributed by atoms with Crippen LogP contribution >= 0.6 is 23.4 Å². The predicted molar refractivity (Wildman–Crippen MR) is 111 cm³/mol. The Bertz CT molecular complexity index is 1020. The Morgan fingerprint density at radius 2 is 2.18 bits per heavy atom. The van der Waals surface area contributed by atoms with Crippen molar-refractivity contribution >= 4 is 51.3 Å². The number of carbonyl (C=O) groups is 1. The molecule has 148 valence electrons. The van der Waals surface area contributed by atoms with Gasteiger partial charge < -0.3 is 15.0 Å². The van der Waals surface area contributed by atoms with E-state index in [9.17, 15) is 4.79 Å². The molecule has 9 heteroatoms. The highest BCUT2D eigenvalue weighted by Crippen LogP contribution is 2.35. The van der Waals surface area contributed by atoms with Gasteiger partial charge in [-0.25, -0.2) is 4.98 Å². The molecule has 2 N–H and O–H groups in total. The number of carbonyl (C=O) groups excluding carboxylic acids is 1. The number of nitrogens with zero attached hydrogens (tertiary/aromatic N) is 3. The number of aromatic nitrogens is 4. The third-order valence-corrected chi connectivity index (χ3v) is 6.43. The standard InChI is InChI=1S/C19H22ClN5O2S/c1-10-5-3-4-6-12(10)21-14(26)9-28-19-23-18-17(24-25-19)15-11(20)7-8-13(27-2)16(15)22-18/h7-8,10,12H,3-6,9H2,1-2H3,(H,21,26)(H,22,23,25)/t10-,12-/m0/s1. The number of hydrogen-bond acceptors (Lipinski definition) is 6. The van der Waals surface area contributed by atoms with Gasteiger partial charge in [-0.2, -0.15) is 0 Å². The molecule has 1 fully saturated rings. The summed E-state index contributed by atoms with van der Waals surface area (Å²) < 4.78 is 5.38. The van der Waals surface area contributed by atoms with Gasteiger partial charge in [0.25, 0.3) is 0 Å². The van der Waals surface area contributed by atoms with E-state index in [-0.39, 0.29) is 17.7 Å². The van der Waals surface area contributed by atoms with E-state index in [1.54, 1.807) is 19.2 Å². The molecule has 1 amide bonds. The van der Waals surface area contributed by atoms with Crippen LogP contribution in [0.1, 0.15) is 32.6 Å². The molecule has 0 radical (unpaired) electrons. The first-order valence-corrected chi connectivity index (χ1v) is 10.7. The number of H-pyrrole nitrogens is 1. The lowest BCUT2D eigenvalue weighted by atomic mass is 9.86. The second-order valence-corrected chi connectivity index (χ2v) is 8.49. The number of halogens is 1. The number of aromatic amines is 1. The van der Waals surface area contributed by atoms with Crippen LogP contribution in [-0.2, 0) is 4.79 Å². The maximum absolute atomic E-state index is 12.3. The van der Waals surface area contributed by atoms with Crippen molar-refractivity contribution in [1.82, 2.24) is 25.5 Å². The van der Waals surface area contributed by atoms with Crippen LogP contribution in [0.3, 0.4) is 0 Å². The van der Waals surface area contributed by atoms with Crippen molar-refractivity contribution < 1.29 is 9.53 Å². The molecule has 2 heterocycles. The molecule has 0 unspecified atom stereocenters. The van der Waals surface area contributed by atoms with Gasteiger partial charge in [0.15, 0.2) is 5.65 Å².